The topological polar surface area (TPSA) is 72.4 Å². The van der Waals surface area contributed by atoms with Gasteiger partial charge in [0, 0.05) is 12.6 Å². The average Bonchev–Trinajstić information content (AvgIpc) is 2.61. The molecule has 0 aromatic heterocycles. The van der Waals surface area contributed by atoms with Gasteiger partial charge < -0.3 is 10.5 Å². The van der Waals surface area contributed by atoms with Crippen LogP contribution >= 0.6 is 0 Å². The monoisotopic (exact) mass is 170 g/mol. The molecule has 2 aliphatic rings. The zero-order valence-corrected chi connectivity index (χ0v) is 6.53. The van der Waals surface area contributed by atoms with Gasteiger partial charge in [-0.2, -0.15) is 0 Å². The number of rotatable bonds is 1. The van der Waals surface area contributed by atoms with Gasteiger partial charge in [0.05, 0.1) is 0 Å². The molecule has 0 aromatic carbocycles. The fourth-order valence-corrected chi connectivity index (χ4v) is 1.77. The first kappa shape index (κ1) is 7.54. The minimum atomic E-state index is -1.01. The van der Waals surface area contributed by atoms with Crippen molar-refractivity contribution in [2.75, 3.05) is 6.54 Å². The Morgan fingerprint density at radius 1 is 1.42 bits per heavy atom. The number of esters is 1. The highest BCUT2D eigenvalue weighted by Crippen LogP contribution is 2.35. The minimum Gasteiger partial charge on any atom is -0.375 e. The summed E-state index contributed by atoms with van der Waals surface area (Å²) in [5.74, 6) is -0.498. The summed E-state index contributed by atoms with van der Waals surface area (Å²) in [7, 11) is 0. The second kappa shape index (κ2) is 2.45. The van der Waals surface area contributed by atoms with E-state index in [1.807, 2.05) is 4.90 Å². The van der Waals surface area contributed by atoms with Gasteiger partial charge in [-0.05, 0) is 12.8 Å². The molecule has 2 heterocycles. The quantitative estimate of drug-likeness (QED) is 0.326. The fourth-order valence-electron chi connectivity index (χ4n) is 1.77. The second-order valence-electron chi connectivity index (χ2n) is 3.18. The molecule has 5 nitrogen and oxygen atoms in total. The number of carbonyl (C=O) groups is 2. The van der Waals surface area contributed by atoms with E-state index in [0.29, 0.717) is 6.04 Å². The Bertz CT molecular complexity index is 241. The lowest BCUT2D eigenvalue weighted by Gasteiger charge is -2.09. The van der Waals surface area contributed by atoms with Crippen molar-refractivity contribution in [3.05, 3.63) is 0 Å². The van der Waals surface area contributed by atoms with Crippen LogP contribution in [0.25, 0.3) is 0 Å². The van der Waals surface area contributed by atoms with Crippen molar-refractivity contribution in [1.29, 1.82) is 0 Å². The summed E-state index contributed by atoms with van der Waals surface area (Å²) in [6.45, 7) is 0.957. The van der Waals surface area contributed by atoms with E-state index in [2.05, 4.69) is 4.74 Å². The zero-order chi connectivity index (χ0) is 8.72. The van der Waals surface area contributed by atoms with Gasteiger partial charge in [0.2, 0.25) is 0 Å². The van der Waals surface area contributed by atoms with Crippen LogP contribution in [-0.4, -0.2) is 35.6 Å². The van der Waals surface area contributed by atoms with Gasteiger partial charge in [-0.15, -0.1) is 0 Å². The van der Waals surface area contributed by atoms with Gasteiger partial charge in [0.1, 0.15) is 6.04 Å². The van der Waals surface area contributed by atoms with E-state index in [1.54, 1.807) is 0 Å². The molecule has 0 aromatic rings. The van der Waals surface area contributed by atoms with Crippen LogP contribution in [0.4, 0.5) is 4.79 Å². The normalized spacial score (nSPS) is 37.2. The Labute approximate surface area is 69.5 Å². The van der Waals surface area contributed by atoms with Gasteiger partial charge in [-0.1, -0.05) is 0 Å². The molecule has 2 fully saturated rings. The van der Waals surface area contributed by atoms with E-state index < -0.39 is 12.1 Å². The molecule has 3 atom stereocenters. The maximum absolute atomic E-state index is 11.1. The average molecular weight is 170 g/mol. The van der Waals surface area contributed by atoms with Crippen molar-refractivity contribution in [1.82, 2.24) is 4.90 Å². The van der Waals surface area contributed by atoms with E-state index in [0.717, 1.165) is 19.4 Å². The molecule has 0 aliphatic carbocycles. The summed E-state index contributed by atoms with van der Waals surface area (Å²) in [4.78, 5) is 23.4. The highest BCUT2D eigenvalue weighted by molar-refractivity contribution is 5.87. The molecule has 1 amide bonds. The van der Waals surface area contributed by atoms with Crippen molar-refractivity contribution in [3.8, 4) is 0 Å². The van der Waals surface area contributed by atoms with Crippen LogP contribution in [0.3, 0.4) is 0 Å². The van der Waals surface area contributed by atoms with E-state index in [-0.39, 0.29) is 6.04 Å². The largest absolute Gasteiger partial charge is 0.412 e. The van der Waals surface area contributed by atoms with E-state index in [9.17, 15) is 9.59 Å². The smallest absolute Gasteiger partial charge is 0.375 e. The third kappa shape index (κ3) is 1.16. The van der Waals surface area contributed by atoms with Crippen LogP contribution in [0.2, 0.25) is 0 Å². The maximum Gasteiger partial charge on any atom is 0.412 e. The predicted molar refractivity (Wildman–Crippen MR) is 39.2 cm³/mol. The third-order valence-corrected chi connectivity index (χ3v) is 2.40. The highest BCUT2D eigenvalue weighted by atomic mass is 16.6. The van der Waals surface area contributed by atoms with Crippen LogP contribution in [0, 0.1) is 0 Å². The Kier molecular flexibility index (Phi) is 1.54. The molecule has 66 valence electrons. The Balaban J connectivity index is 1.91. The summed E-state index contributed by atoms with van der Waals surface area (Å²) in [5, 5.41) is 0. The van der Waals surface area contributed by atoms with E-state index in [1.165, 1.54) is 0 Å². The van der Waals surface area contributed by atoms with Gasteiger partial charge in [0.25, 0.3) is 0 Å². The van der Waals surface area contributed by atoms with Crippen molar-refractivity contribution in [2.24, 2.45) is 5.73 Å². The second-order valence-corrected chi connectivity index (χ2v) is 3.18. The Morgan fingerprint density at radius 3 is 2.58 bits per heavy atom. The fraction of sp³-hybridized carbons (Fsp3) is 0.714. The molecule has 0 spiro atoms. The van der Waals surface area contributed by atoms with Crippen LogP contribution in [-0.2, 0) is 9.53 Å². The number of hydrogen-bond donors (Lipinski definition) is 1. The standard InChI is InChI=1S/C7H10N2O3/c8-7(11)12-6(10)5-2-1-4-3-9(4)5/h4-5H,1-3H2,(H2,8,11). The number of ether oxygens (including phenoxy) is 1. The number of hydrogen-bond acceptors (Lipinski definition) is 4. The lowest BCUT2D eigenvalue weighted by Crippen LogP contribution is -2.32. The number of amides is 1. The number of nitrogens with two attached hydrogens (primary N) is 1. The van der Waals surface area contributed by atoms with Gasteiger partial charge >= 0.3 is 12.1 Å². The number of carbonyl (C=O) groups excluding carboxylic acids is 2. The lowest BCUT2D eigenvalue weighted by atomic mass is 10.2. The van der Waals surface area contributed by atoms with Crippen molar-refractivity contribution >= 4 is 12.1 Å². The number of piperidine rings is 1. The summed E-state index contributed by atoms with van der Waals surface area (Å²) in [6, 6.07) is 0.331. The maximum atomic E-state index is 11.1. The van der Waals surface area contributed by atoms with E-state index >= 15 is 0 Å². The summed E-state index contributed by atoms with van der Waals surface area (Å²) < 4.78 is 4.29. The molecule has 2 saturated heterocycles. The molecule has 0 radical (unpaired) electrons. The van der Waals surface area contributed by atoms with Crippen molar-refractivity contribution in [2.45, 2.75) is 24.9 Å². The van der Waals surface area contributed by atoms with E-state index in [4.69, 9.17) is 5.73 Å². The SMILES string of the molecule is NC(=O)OC(=O)C1CCC2CN21. The molecule has 3 unspecified atom stereocenters. The van der Waals surface area contributed by atoms with Crippen LogP contribution in [0.5, 0.6) is 0 Å². The number of nitrogens with zero attached hydrogens (tertiary/aromatic N) is 1. The first-order valence-electron chi connectivity index (χ1n) is 3.95. The van der Waals surface area contributed by atoms with Crippen LogP contribution in [0.15, 0.2) is 0 Å². The molecule has 2 aliphatic heterocycles. The Hall–Kier alpha value is -1.10. The van der Waals surface area contributed by atoms with Crippen molar-refractivity contribution in [3.63, 3.8) is 0 Å². The minimum absolute atomic E-state index is 0.220. The van der Waals surface area contributed by atoms with Gasteiger partial charge in [-0.25, -0.2) is 9.59 Å². The summed E-state index contributed by atoms with van der Waals surface area (Å²) in [6.07, 6.45) is 0.806. The molecular formula is C7H10N2O3. The highest BCUT2D eigenvalue weighted by Gasteiger charge is 2.49. The summed E-state index contributed by atoms with van der Waals surface area (Å²) in [5.41, 5.74) is 4.72. The summed E-state index contributed by atoms with van der Waals surface area (Å²) >= 11 is 0. The lowest BCUT2D eigenvalue weighted by molar-refractivity contribution is -0.140. The Morgan fingerprint density at radius 2 is 2.17 bits per heavy atom. The number of fused-ring (bicyclic) bond motifs is 1. The zero-order valence-electron chi connectivity index (χ0n) is 6.53. The van der Waals surface area contributed by atoms with Crippen LogP contribution in [0.1, 0.15) is 12.8 Å². The molecule has 12 heavy (non-hydrogen) atoms. The van der Waals surface area contributed by atoms with Gasteiger partial charge in [0.15, 0.2) is 0 Å². The molecule has 2 N–H and O–H groups in total. The molecule has 0 saturated carbocycles. The number of primary amides is 1. The first-order chi connectivity index (χ1) is 5.68. The van der Waals surface area contributed by atoms with Gasteiger partial charge in [-0.3, -0.25) is 4.90 Å². The molecule has 2 rings (SSSR count). The van der Waals surface area contributed by atoms with Crippen molar-refractivity contribution < 1.29 is 14.3 Å². The predicted octanol–water partition coefficient (Wildman–Crippen LogP) is -0.545. The molecule has 5 heteroatoms. The first-order valence-corrected chi connectivity index (χ1v) is 3.95. The molecule has 0 bridgehead atoms. The third-order valence-electron chi connectivity index (χ3n) is 2.40. The van der Waals surface area contributed by atoms with Crippen LogP contribution < -0.4 is 5.73 Å². The molecular weight excluding hydrogens is 160 g/mol.